The topological polar surface area (TPSA) is 26.3 Å². The smallest absolute Gasteiger partial charge is 0.151 e. The van der Waals surface area contributed by atoms with Gasteiger partial charge in [-0.2, -0.15) is 0 Å². The Bertz CT molecular complexity index is 146. The minimum Gasteiger partial charge on any atom is -0.371 e. The van der Waals surface area contributed by atoms with Crippen LogP contribution >= 0.6 is 0 Å². The zero-order valence-electron chi connectivity index (χ0n) is 7.46. The lowest BCUT2D eigenvalue weighted by Gasteiger charge is -2.44. The van der Waals surface area contributed by atoms with Crippen LogP contribution in [0.3, 0.4) is 0 Å². The van der Waals surface area contributed by atoms with Crippen LogP contribution < -0.4 is 0 Å². The Labute approximate surface area is 67.9 Å². The summed E-state index contributed by atoms with van der Waals surface area (Å²) in [5.74, 6) is 1.36. The van der Waals surface area contributed by atoms with Crippen LogP contribution in [0.25, 0.3) is 0 Å². The number of hydrogen-bond acceptors (Lipinski definition) is 2. The summed E-state index contributed by atoms with van der Waals surface area (Å²) in [6.45, 7) is 4.38. The van der Waals surface area contributed by atoms with E-state index >= 15 is 0 Å². The molecule has 0 unspecified atom stereocenters. The van der Waals surface area contributed by atoms with Gasteiger partial charge in [0.1, 0.15) is 5.60 Å². The molecule has 0 N–H and O–H groups in total. The highest BCUT2D eigenvalue weighted by Gasteiger charge is 2.45. The van der Waals surface area contributed by atoms with E-state index in [0.717, 1.165) is 19.1 Å². The molecule has 2 nitrogen and oxygen atoms in total. The molecule has 11 heavy (non-hydrogen) atoms. The molecule has 0 radical (unpaired) electrons. The Kier molecular flexibility index (Phi) is 2.33. The molecule has 0 saturated heterocycles. The standard InChI is InChI=1S/C9H16O2/c1-7(2)8-4-9(5-8,6-10)11-3/h6-8H,4-5H2,1-3H3. The summed E-state index contributed by atoms with van der Waals surface area (Å²) in [6, 6.07) is 0. The van der Waals surface area contributed by atoms with Crippen molar-refractivity contribution in [3.63, 3.8) is 0 Å². The van der Waals surface area contributed by atoms with Gasteiger partial charge < -0.3 is 9.53 Å². The van der Waals surface area contributed by atoms with Crippen molar-refractivity contribution in [2.24, 2.45) is 11.8 Å². The van der Waals surface area contributed by atoms with Gasteiger partial charge in [-0.1, -0.05) is 13.8 Å². The van der Waals surface area contributed by atoms with Crippen LogP contribution in [0.15, 0.2) is 0 Å². The third kappa shape index (κ3) is 1.45. The predicted octanol–water partition coefficient (Wildman–Crippen LogP) is 1.64. The van der Waals surface area contributed by atoms with E-state index in [0.29, 0.717) is 11.8 Å². The SMILES string of the molecule is COC1(C=O)CC(C(C)C)C1. The fraction of sp³-hybridized carbons (Fsp3) is 0.889. The zero-order valence-corrected chi connectivity index (χ0v) is 7.46. The third-order valence-corrected chi connectivity index (χ3v) is 2.78. The van der Waals surface area contributed by atoms with Crippen molar-refractivity contribution in [2.75, 3.05) is 7.11 Å². The second-order valence-electron chi connectivity index (χ2n) is 3.80. The molecule has 64 valence electrons. The van der Waals surface area contributed by atoms with Crippen LogP contribution in [-0.2, 0) is 9.53 Å². The van der Waals surface area contributed by atoms with Crippen molar-refractivity contribution in [1.82, 2.24) is 0 Å². The van der Waals surface area contributed by atoms with Gasteiger partial charge in [0.2, 0.25) is 0 Å². The number of aldehydes is 1. The lowest BCUT2D eigenvalue weighted by Crippen LogP contribution is -2.48. The van der Waals surface area contributed by atoms with Crippen molar-refractivity contribution in [3.05, 3.63) is 0 Å². The van der Waals surface area contributed by atoms with Gasteiger partial charge >= 0.3 is 0 Å². The molecule has 2 heteroatoms. The number of carbonyl (C=O) groups is 1. The molecule has 0 bridgehead atoms. The molecular formula is C9H16O2. The van der Waals surface area contributed by atoms with E-state index in [2.05, 4.69) is 13.8 Å². The van der Waals surface area contributed by atoms with Gasteiger partial charge in [0.05, 0.1) is 0 Å². The molecular weight excluding hydrogens is 140 g/mol. The lowest BCUT2D eigenvalue weighted by molar-refractivity contribution is -0.149. The molecule has 0 atom stereocenters. The van der Waals surface area contributed by atoms with Crippen LogP contribution in [0.2, 0.25) is 0 Å². The van der Waals surface area contributed by atoms with Crippen LogP contribution in [0.1, 0.15) is 26.7 Å². The molecule has 0 heterocycles. The molecule has 0 spiro atoms. The zero-order chi connectivity index (χ0) is 8.48. The molecule has 1 rings (SSSR count). The Balaban J connectivity index is 2.41. The minimum absolute atomic E-state index is 0.422. The Morgan fingerprint density at radius 2 is 2.09 bits per heavy atom. The fourth-order valence-corrected chi connectivity index (χ4v) is 1.61. The summed E-state index contributed by atoms with van der Waals surface area (Å²) in [6.07, 6.45) is 2.77. The van der Waals surface area contributed by atoms with E-state index in [1.165, 1.54) is 0 Å². The molecule has 0 amide bonds. The summed E-state index contributed by atoms with van der Waals surface area (Å²) < 4.78 is 5.14. The monoisotopic (exact) mass is 156 g/mol. The average molecular weight is 156 g/mol. The highest BCUT2D eigenvalue weighted by atomic mass is 16.5. The van der Waals surface area contributed by atoms with Crippen LogP contribution in [0.4, 0.5) is 0 Å². The molecule has 1 saturated carbocycles. The van der Waals surface area contributed by atoms with Gasteiger partial charge in [0.15, 0.2) is 6.29 Å². The maximum absolute atomic E-state index is 10.6. The van der Waals surface area contributed by atoms with Gasteiger partial charge in [-0.15, -0.1) is 0 Å². The van der Waals surface area contributed by atoms with Crippen LogP contribution in [-0.4, -0.2) is 19.0 Å². The first-order valence-corrected chi connectivity index (χ1v) is 4.15. The Hall–Kier alpha value is -0.370. The number of ether oxygens (including phenoxy) is 1. The summed E-state index contributed by atoms with van der Waals surface area (Å²) in [5.41, 5.74) is -0.422. The van der Waals surface area contributed by atoms with E-state index in [1.54, 1.807) is 7.11 Å². The van der Waals surface area contributed by atoms with Gasteiger partial charge in [0.25, 0.3) is 0 Å². The molecule has 0 aromatic heterocycles. The predicted molar refractivity (Wildman–Crippen MR) is 43.4 cm³/mol. The van der Waals surface area contributed by atoms with Crippen molar-refractivity contribution in [3.8, 4) is 0 Å². The Morgan fingerprint density at radius 3 is 2.36 bits per heavy atom. The number of hydrogen-bond donors (Lipinski definition) is 0. The van der Waals surface area contributed by atoms with Crippen LogP contribution in [0.5, 0.6) is 0 Å². The number of methoxy groups -OCH3 is 1. The molecule has 0 aromatic carbocycles. The molecule has 1 aliphatic carbocycles. The van der Waals surface area contributed by atoms with Crippen molar-refractivity contribution < 1.29 is 9.53 Å². The first kappa shape index (κ1) is 8.72. The molecule has 1 fully saturated rings. The summed E-state index contributed by atoms with van der Waals surface area (Å²) in [4.78, 5) is 10.6. The largest absolute Gasteiger partial charge is 0.371 e. The minimum atomic E-state index is -0.422. The molecule has 1 aliphatic rings. The van der Waals surface area contributed by atoms with Gasteiger partial charge in [-0.05, 0) is 24.7 Å². The highest BCUT2D eigenvalue weighted by Crippen LogP contribution is 2.42. The Morgan fingerprint density at radius 1 is 1.55 bits per heavy atom. The quantitative estimate of drug-likeness (QED) is 0.580. The summed E-state index contributed by atoms with van der Waals surface area (Å²) in [5, 5.41) is 0. The number of rotatable bonds is 3. The van der Waals surface area contributed by atoms with E-state index in [9.17, 15) is 4.79 Å². The van der Waals surface area contributed by atoms with Gasteiger partial charge in [0, 0.05) is 7.11 Å². The third-order valence-electron chi connectivity index (χ3n) is 2.78. The van der Waals surface area contributed by atoms with Crippen molar-refractivity contribution in [1.29, 1.82) is 0 Å². The number of carbonyl (C=O) groups excluding carboxylic acids is 1. The fourth-order valence-electron chi connectivity index (χ4n) is 1.61. The summed E-state index contributed by atoms with van der Waals surface area (Å²) in [7, 11) is 1.62. The molecule has 0 aliphatic heterocycles. The van der Waals surface area contributed by atoms with E-state index in [4.69, 9.17) is 4.74 Å². The second-order valence-corrected chi connectivity index (χ2v) is 3.80. The highest BCUT2D eigenvalue weighted by molar-refractivity contribution is 5.64. The lowest BCUT2D eigenvalue weighted by atomic mass is 9.67. The maximum Gasteiger partial charge on any atom is 0.151 e. The maximum atomic E-state index is 10.6. The van der Waals surface area contributed by atoms with E-state index < -0.39 is 5.60 Å². The van der Waals surface area contributed by atoms with Gasteiger partial charge in [-0.3, -0.25) is 0 Å². The van der Waals surface area contributed by atoms with Crippen molar-refractivity contribution in [2.45, 2.75) is 32.3 Å². The first-order valence-electron chi connectivity index (χ1n) is 4.15. The van der Waals surface area contributed by atoms with E-state index in [-0.39, 0.29) is 0 Å². The van der Waals surface area contributed by atoms with Crippen LogP contribution in [0, 0.1) is 11.8 Å². The normalized spacial score (nSPS) is 36.9. The van der Waals surface area contributed by atoms with Gasteiger partial charge in [-0.25, -0.2) is 0 Å². The second kappa shape index (κ2) is 2.94. The van der Waals surface area contributed by atoms with E-state index in [1.807, 2.05) is 0 Å². The summed E-state index contributed by atoms with van der Waals surface area (Å²) >= 11 is 0. The average Bonchev–Trinajstić information content (AvgIpc) is 1.87. The first-order chi connectivity index (χ1) is 5.13. The van der Waals surface area contributed by atoms with Crippen molar-refractivity contribution >= 4 is 6.29 Å². The molecule has 0 aromatic rings.